The molecule has 0 radical (unpaired) electrons. The molecule has 0 amide bonds. The normalized spacial score (nSPS) is 14.4. The van der Waals surface area contributed by atoms with Crippen LogP contribution < -0.4 is 5.32 Å². The van der Waals surface area contributed by atoms with Gasteiger partial charge in [0.15, 0.2) is 0 Å². The molecule has 0 saturated carbocycles. The summed E-state index contributed by atoms with van der Waals surface area (Å²) in [5.74, 6) is -1.55. The van der Waals surface area contributed by atoms with Crippen LogP contribution in [0.15, 0.2) is 37.1 Å². The van der Waals surface area contributed by atoms with Crippen LogP contribution in [0.25, 0.3) is 0 Å². The zero-order chi connectivity index (χ0) is 18.9. The maximum Gasteiger partial charge on any atom is 0.137 e. The van der Waals surface area contributed by atoms with Gasteiger partial charge < -0.3 is 5.11 Å². The van der Waals surface area contributed by atoms with Crippen LogP contribution in [0.1, 0.15) is 5.56 Å². The van der Waals surface area contributed by atoms with Crippen molar-refractivity contribution >= 4 is 13.4 Å². The minimum atomic E-state index is -1.71. The topological polar surface area (TPSA) is 81.7 Å². The van der Waals surface area contributed by atoms with Crippen molar-refractivity contribution in [2.75, 3.05) is 0 Å². The largest absolute Gasteiger partial charge is 0.381 e. The molecule has 1 aromatic carbocycles. The Balaban J connectivity index is 1.99. The summed E-state index contributed by atoms with van der Waals surface area (Å²) in [5.41, 5.74) is -1.75. The molecule has 10 heteroatoms. The van der Waals surface area contributed by atoms with Crippen LogP contribution in [0.4, 0.5) is 8.78 Å². The highest BCUT2D eigenvalue weighted by atomic mass is 28.3. The van der Waals surface area contributed by atoms with Gasteiger partial charge in [0.25, 0.3) is 0 Å². The maximum absolute atomic E-state index is 14.4. The third-order valence-electron chi connectivity index (χ3n) is 4.05. The number of hydrogen-bond acceptors (Lipinski definition) is 5. The summed E-state index contributed by atoms with van der Waals surface area (Å²) in [6.45, 7) is 6.25. The van der Waals surface area contributed by atoms with Gasteiger partial charge in [0, 0.05) is 17.8 Å². The third kappa shape index (κ3) is 3.86. The molecule has 0 bridgehead atoms. The number of nitrogens with zero attached hydrogens (tertiary/aromatic N) is 6. The van der Waals surface area contributed by atoms with Crippen molar-refractivity contribution in [3.05, 3.63) is 54.2 Å². The Labute approximate surface area is 150 Å². The molecule has 1 unspecified atom stereocenters. The van der Waals surface area contributed by atoms with Gasteiger partial charge >= 0.3 is 0 Å². The predicted molar refractivity (Wildman–Crippen MR) is 93.3 cm³/mol. The lowest BCUT2D eigenvalue weighted by atomic mass is 9.93. The van der Waals surface area contributed by atoms with Crippen LogP contribution in [0.3, 0.4) is 0 Å². The maximum atomic E-state index is 14.4. The zero-order valence-electron chi connectivity index (χ0n) is 14.8. The van der Waals surface area contributed by atoms with Crippen LogP contribution >= 0.6 is 0 Å². The minimum absolute atomic E-state index is 0.0422. The summed E-state index contributed by atoms with van der Waals surface area (Å²) < 4.78 is 30.6. The van der Waals surface area contributed by atoms with E-state index in [1.165, 1.54) is 28.1 Å². The first-order valence-corrected chi connectivity index (χ1v) is 11.6. The van der Waals surface area contributed by atoms with Crippen molar-refractivity contribution in [2.24, 2.45) is 0 Å². The smallest absolute Gasteiger partial charge is 0.137 e. The fourth-order valence-electron chi connectivity index (χ4n) is 2.66. The highest BCUT2D eigenvalue weighted by Gasteiger charge is 2.35. The standard InChI is InChI=1S/C16H20F2N6OSi/c1-26(2,3)15-7-23(22-21-15)8-16(25,9-24-11-19-10-20-24)13-5-4-12(17)6-14(13)18/h4-7,10-11,25H,8-9H2,1-3H3. The summed E-state index contributed by atoms with van der Waals surface area (Å²) in [4.78, 5) is 3.84. The van der Waals surface area contributed by atoms with Crippen LogP contribution in [-0.4, -0.2) is 42.9 Å². The van der Waals surface area contributed by atoms with Crippen LogP contribution in [0.5, 0.6) is 0 Å². The molecular weight excluding hydrogens is 358 g/mol. The minimum Gasteiger partial charge on any atom is -0.381 e. The molecule has 7 nitrogen and oxygen atoms in total. The van der Waals surface area contributed by atoms with Crippen molar-refractivity contribution < 1.29 is 13.9 Å². The van der Waals surface area contributed by atoms with E-state index in [1.54, 1.807) is 6.20 Å². The lowest BCUT2D eigenvalue weighted by Crippen LogP contribution is -2.39. The molecule has 26 heavy (non-hydrogen) atoms. The SMILES string of the molecule is C[Si](C)(C)c1cn(CC(O)(Cn2cncn2)c2ccc(F)cc2F)nn1. The number of aromatic nitrogens is 6. The second-order valence-corrected chi connectivity index (χ2v) is 12.3. The van der Waals surface area contributed by atoms with Gasteiger partial charge in [0.2, 0.25) is 0 Å². The molecule has 0 saturated heterocycles. The molecule has 0 aliphatic carbocycles. The summed E-state index contributed by atoms with van der Waals surface area (Å²) in [6, 6.07) is 3.09. The van der Waals surface area contributed by atoms with E-state index in [1.807, 2.05) is 0 Å². The van der Waals surface area contributed by atoms with E-state index in [9.17, 15) is 13.9 Å². The Kier molecular flexibility index (Phi) is 4.72. The molecule has 3 aromatic rings. The van der Waals surface area contributed by atoms with Crippen LogP contribution in [0, 0.1) is 11.6 Å². The fourth-order valence-corrected chi connectivity index (χ4v) is 3.54. The van der Waals surface area contributed by atoms with E-state index < -0.39 is 25.3 Å². The van der Waals surface area contributed by atoms with E-state index in [-0.39, 0.29) is 18.7 Å². The van der Waals surface area contributed by atoms with Crippen molar-refractivity contribution in [2.45, 2.75) is 38.3 Å². The molecule has 2 heterocycles. The monoisotopic (exact) mass is 378 g/mol. The highest BCUT2D eigenvalue weighted by molar-refractivity contribution is 6.88. The number of halogens is 2. The summed E-state index contributed by atoms with van der Waals surface area (Å²) in [5, 5.41) is 24.4. The Hall–Kier alpha value is -2.46. The van der Waals surface area contributed by atoms with E-state index in [2.05, 4.69) is 40.0 Å². The van der Waals surface area contributed by atoms with Crippen molar-refractivity contribution in [1.82, 2.24) is 29.8 Å². The second kappa shape index (κ2) is 6.69. The van der Waals surface area contributed by atoms with E-state index in [0.29, 0.717) is 0 Å². The van der Waals surface area contributed by atoms with Crippen LogP contribution in [-0.2, 0) is 18.7 Å². The van der Waals surface area contributed by atoms with Gasteiger partial charge in [-0.05, 0) is 6.07 Å². The first-order chi connectivity index (χ1) is 12.2. The van der Waals surface area contributed by atoms with E-state index in [0.717, 1.165) is 17.4 Å². The van der Waals surface area contributed by atoms with Gasteiger partial charge in [-0.15, -0.1) is 5.10 Å². The van der Waals surface area contributed by atoms with E-state index >= 15 is 0 Å². The molecule has 1 atom stereocenters. The molecule has 2 aromatic heterocycles. The first-order valence-electron chi connectivity index (χ1n) is 8.08. The van der Waals surface area contributed by atoms with Crippen molar-refractivity contribution in [3.63, 3.8) is 0 Å². The van der Waals surface area contributed by atoms with Gasteiger partial charge in [-0.25, -0.2) is 23.1 Å². The fraction of sp³-hybridized carbons (Fsp3) is 0.375. The molecular formula is C16H20F2N6OSi. The Morgan fingerprint density at radius 3 is 2.46 bits per heavy atom. The van der Waals surface area contributed by atoms with Crippen molar-refractivity contribution in [3.8, 4) is 0 Å². The average molecular weight is 378 g/mol. The van der Waals surface area contributed by atoms with Gasteiger partial charge in [-0.1, -0.05) is 30.9 Å². The lowest BCUT2D eigenvalue weighted by molar-refractivity contribution is -0.00890. The third-order valence-corrected chi connectivity index (χ3v) is 5.82. The Bertz CT molecular complexity index is 893. The molecule has 138 valence electrons. The quantitative estimate of drug-likeness (QED) is 0.654. The summed E-state index contributed by atoms with van der Waals surface area (Å²) in [6.07, 6.45) is 4.50. The first kappa shape index (κ1) is 18.3. The molecule has 3 rings (SSSR count). The molecule has 0 aliphatic rings. The molecule has 0 fully saturated rings. The molecule has 0 spiro atoms. The number of benzene rings is 1. The second-order valence-electron chi connectivity index (χ2n) is 7.30. The number of rotatable bonds is 6. The number of hydrogen-bond donors (Lipinski definition) is 1. The van der Waals surface area contributed by atoms with Crippen molar-refractivity contribution in [1.29, 1.82) is 0 Å². The summed E-state index contributed by atoms with van der Waals surface area (Å²) >= 11 is 0. The Morgan fingerprint density at radius 1 is 1.15 bits per heavy atom. The Morgan fingerprint density at radius 2 is 1.88 bits per heavy atom. The lowest BCUT2D eigenvalue weighted by Gasteiger charge is -2.28. The highest BCUT2D eigenvalue weighted by Crippen LogP contribution is 2.28. The molecule has 0 aliphatic heterocycles. The van der Waals surface area contributed by atoms with Gasteiger partial charge in [-0.3, -0.25) is 0 Å². The number of aliphatic hydroxyl groups is 1. The predicted octanol–water partition coefficient (Wildman–Crippen LogP) is 1.28. The van der Waals surface area contributed by atoms with Gasteiger partial charge in [-0.2, -0.15) is 5.10 Å². The van der Waals surface area contributed by atoms with Gasteiger partial charge in [0.1, 0.15) is 38.0 Å². The van der Waals surface area contributed by atoms with E-state index in [4.69, 9.17) is 0 Å². The zero-order valence-corrected chi connectivity index (χ0v) is 15.8. The van der Waals surface area contributed by atoms with Gasteiger partial charge in [0.05, 0.1) is 18.4 Å². The van der Waals surface area contributed by atoms with Crippen LogP contribution in [0.2, 0.25) is 19.6 Å². The molecule has 1 N–H and O–H groups in total. The summed E-state index contributed by atoms with van der Waals surface area (Å²) in [7, 11) is -1.68. The average Bonchev–Trinajstić information content (AvgIpc) is 3.18.